The number of ether oxygens (including phenoxy) is 1. The van der Waals surface area contributed by atoms with Gasteiger partial charge in [-0.05, 0) is 16.7 Å². The highest BCUT2D eigenvalue weighted by Gasteiger charge is 2.23. The van der Waals surface area contributed by atoms with Crippen molar-refractivity contribution in [1.82, 2.24) is 14.9 Å². The average Bonchev–Trinajstić information content (AvgIpc) is 3.18. The van der Waals surface area contributed by atoms with Crippen LogP contribution in [0.1, 0.15) is 11.3 Å². The molecule has 3 aromatic rings. The summed E-state index contributed by atoms with van der Waals surface area (Å²) >= 11 is 0. The third-order valence-electron chi connectivity index (χ3n) is 4.74. The summed E-state index contributed by atoms with van der Waals surface area (Å²) in [5.41, 5.74) is 4.46. The van der Waals surface area contributed by atoms with E-state index in [4.69, 9.17) is 4.74 Å². The maximum Gasteiger partial charge on any atom is 0.249 e. The lowest BCUT2D eigenvalue weighted by molar-refractivity contribution is -0.137. The van der Waals surface area contributed by atoms with Gasteiger partial charge in [-0.15, -0.1) is 0 Å². The van der Waals surface area contributed by atoms with E-state index in [-0.39, 0.29) is 5.91 Å². The Balaban J connectivity index is 1.32. The minimum atomic E-state index is -0.434. The predicted molar refractivity (Wildman–Crippen MR) is 110 cm³/mol. The highest BCUT2D eigenvalue weighted by molar-refractivity contribution is 5.81. The van der Waals surface area contributed by atoms with Crippen LogP contribution in [0.3, 0.4) is 0 Å². The Bertz CT molecular complexity index is 945. The highest BCUT2D eigenvalue weighted by atomic mass is 16.5. The molecule has 2 aromatic carbocycles. The maximum atomic E-state index is 11.8. The first-order valence-corrected chi connectivity index (χ1v) is 9.50. The lowest BCUT2D eigenvalue weighted by Crippen LogP contribution is -2.45. The van der Waals surface area contributed by atoms with Gasteiger partial charge < -0.3 is 14.6 Å². The molecule has 5 heteroatoms. The molecule has 4 rings (SSSR count). The predicted octanol–water partition coefficient (Wildman–Crippen LogP) is 3.32. The third-order valence-corrected chi connectivity index (χ3v) is 4.74. The second kappa shape index (κ2) is 8.67. The Hall–Kier alpha value is -3.18. The largest absolute Gasteiger partial charge is 0.366 e. The van der Waals surface area contributed by atoms with Gasteiger partial charge in [0.15, 0.2) is 0 Å². The third kappa shape index (κ3) is 4.56. The van der Waals surface area contributed by atoms with Crippen LogP contribution in [0.5, 0.6) is 0 Å². The lowest BCUT2D eigenvalue weighted by atomic mass is 10.0. The van der Waals surface area contributed by atoms with Crippen molar-refractivity contribution in [2.75, 3.05) is 13.2 Å². The number of hydrogen-bond donors (Lipinski definition) is 1. The van der Waals surface area contributed by atoms with Crippen LogP contribution in [-0.2, 0) is 22.5 Å². The van der Waals surface area contributed by atoms with Crippen LogP contribution in [-0.4, -0.2) is 34.7 Å². The summed E-state index contributed by atoms with van der Waals surface area (Å²) in [5.74, 6) is -0.0559. The van der Waals surface area contributed by atoms with E-state index >= 15 is 0 Å². The van der Waals surface area contributed by atoms with Crippen LogP contribution < -0.4 is 5.32 Å². The Labute approximate surface area is 164 Å². The second-order valence-corrected chi connectivity index (χ2v) is 6.81. The molecule has 1 fully saturated rings. The van der Waals surface area contributed by atoms with Gasteiger partial charge in [0, 0.05) is 25.7 Å². The number of nitrogens with zero attached hydrogens (tertiary/aromatic N) is 2. The molecule has 28 heavy (non-hydrogen) atoms. The summed E-state index contributed by atoms with van der Waals surface area (Å²) in [5, 5.41) is 2.82. The van der Waals surface area contributed by atoms with Gasteiger partial charge >= 0.3 is 0 Å². The van der Waals surface area contributed by atoms with Crippen molar-refractivity contribution in [1.29, 1.82) is 0 Å². The van der Waals surface area contributed by atoms with E-state index in [1.165, 1.54) is 11.1 Å². The Morgan fingerprint density at radius 1 is 1.11 bits per heavy atom. The van der Waals surface area contributed by atoms with E-state index in [9.17, 15) is 4.79 Å². The molecule has 5 nitrogen and oxygen atoms in total. The molecule has 1 saturated heterocycles. The van der Waals surface area contributed by atoms with Crippen molar-refractivity contribution in [3.05, 3.63) is 84.5 Å². The van der Waals surface area contributed by atoms with Crippen molar-refractivity contribution in [2.24, 2.45) is 0 Å². The summed E-state index contributed by atoms with van der Waals surface area (Å²) in [4.78, 5) is 16.2. The maximum absolute atomic E-state index is 11.8. The molecule has 1 amide bonds. The zero-order chi connectivity index (χ0) is 19.2. The number of amides is 1. The van der Waals surface area contributed by atoms with Crippen LogP contribution in [0.2, 0.25) is 0 Å². The highest BCUT2D eigenvalue weighted by Crippen LogP contribution is 2.19. The van der Waals surface area contributed by atoms with Gasteiger partial charge in [-0.3, -0.25) is 4.79 Å². The number of aromatic nitrogens is 2. The molecule has 1 aromatic heterocycles. The van der Waals surface area contributed by atoms with Gasteiger partial charge in [-0.25, -0.2) is 4.98 Å². The first-order chi connectivity index (χ1) is 13.8. The van der Waals surface area contributed by atoms with Gasteiger partial charge in [0.1, 0.15) is 6.10 Å². The first-order valence-electron chi connectivity index (χ1n) is 9.50. The number of rotatable bonds is 6. The fourth-order valence-corrected chi connectivity index (χ4v) is 3.25. The molecule has 1 atom stereocenters. The molecule has 0 radical (unpaired) electrons. The summed E-state index contributed by atoms with van der Waals surface area (Å²) in [6, 6.07) is 18.9. The molecular weight excluding hydrogens is 350 g/mol. The molecule has 1 aliphatic heterocycles. The van der Waals surface area contributed by atoms with Crippen LogP contribution in [0.15, 0.2) is 73.2 Å². The van der Waals surface area contributed by atoms with E-state index in [1.807, 2.05) is 16.8 Å². The van der Waals surface area contributed by atoms with E-state index in [0.29, 0.717) is 19.6 Å². The van der Waals surface area contributed by atoms with E-state index in [2.05, 4.69) is 71.0 Å². The summed E-state index contributed by atoms with van der Waals surface area (Å²) in [6.07, 6.45) is 8.03. The molecule has 0 unspecified atom stereocenters. The van der Waals surface area contributed by atoms with Crippen LogP contribution >= 0.6 is 0 Å². The van der Waals surface area contributed by atoms with E-state index in [0.717, 1.165) is 17.8 Å². The molecule has 0 saturated carbocycles. The number of benzene rings is 2. The number of allylic oxidation sites excluding steroid dienone is 1. The monoisotopic (exact) mass is 373 g/mol. The van der Waals surface area contributed by atoms with Crippen molar-refractivity contribution >= 4 is 12.0 Å². The molecule has 1 N–H and O–H groups in total. The van der Waals surface area contributed by atoms with Crippen molar-refractivity contribution in [3.8, 4) is 11.1 Å². The van der Waals surface area contributed by atoms with Gasteiger partial charge in [0.2, 0.25) is 5.91 Å². The minimum absolute atomic E-state index is 0.0559. The smallest absolute Gasteiger partial charge is 0.249 e. The SMILES string of the molecule is O=C1NCCO[C@H]1Cc1cn(C/C=C\c2ccc(-c3ccccc3)cc2)cn1. The molecule has 2 heterocycles. The second-order valence-electron chi connectivity index (χ2n) is 6.81. The molecule has 0 bridgehead atoms. The zero-order valence-electron chi connectivity index (χ0n) is 15.6. The normalized spacial score (nSPS) is 17.0. The minimum Gasteiger partial charge on any atom is -0.366 e. The Morgan fingerprint density at radius 2 is 1.89 bits per heavy atom. The van der Waals surface area contributed by atoms with E-state index in [1.54, 1.807) is 6.33 Å². The fraction of sp³-hybridized carbons (Fsp3) is 0.217. The zero-order valence-corrected chi connectivity index (χ0v) is 15.6. The molecule has 0 aliphatic carbocycles. The van der Waals surface area contributed by atoms with Crippen LogP contribution in [0.4, 0.5) is 0 Å². The van der Waals surface area contributed by atoms with Crippen LogP contribution in [0.25, 0.3) is 17.2 Å². The molecule has 1 aliphatic rings. The van der Waals surface area contributed by atoms with Crippen molar-refractivity contribution < 1.29 is 9.53 Å². The van der Waals surface area contributed by atoms with E-state index < -0.39 is 6.10 Å². The first kappa shape index (κ1) is 18.2. The number of carbonyl (C=O) groups is 1. The van der Waals surface area contributed by atoms with Gasteiger partial charge in [-0.2, -0.15) is 0 Å². The average molecular weight is 373 g/mol. The van der Waals surface area contributed by atoms with Crippen molar-refractivity contribution in [3.63, 3.8) is 0 Å². The summed E-state index contributed by atoms with van der Waals surface area (Å²) in [6.45, 7) is 1.87. The van der Waals surface area contributed by atoms with Crippen LogP contribution in [0, 0.1) is 0 Å². The number of hydrogen-bond acceptors (Lipinski definition) is 3. The summed E-state index contributed by atoms with van der Waals surface area (Å²) in [7, 11) is 0. The number of carbonyl (C=O) groups excluding carboxylic acids is 1. The standard InChI is InChI=1S/C23H23N3O2/c27-23-22(28-14-12-24-23)15-21-16-26(17-25-21)13-4-5-18-8-10-20(11-9-18)19-6-2-1-3-7-19/h1-11,16-17,22H,12-15H2,(H,24,27)/b5-4-/t22-/m0/s1. The molecule has 142 valence electrons. The molecular formula is C23H23N3O2. The topological polar surface area (TPSA) is 56.1 Å². The lowest BCUT2D eigenvalue weighted by Gasteiger charge is -2.21. The summed E-state index contributed by atoms with van der Waals surface area (Å²) < 4.78 is 7.51. The number of nitrogens with one attached hydrogen (secondary N) is 1. The Kier molecular flexibility index (Phi) is 5.64. The fourth-order valence-electron chi connectivity index (χ4n) is 3.25. The van der Waals surface area contributed by atoms with Gasteiger partial charge in [0.25, 0.3) is 0 Å². The number of morpholine rings is 1. The Morgan fingerprint density at radius 3 is 2.68 bits per heavy atom. The quantitative estimate of drug-likeness (QED) is 0.721. The van der Waals surface area contributed by atoms with Gasteiger partial charge in [-0.1, -0.05) is 66.7 Å². The van der Waals surface area contributed by atoms with Crippen molar-refractivity contribution in [2.45, 2.75) is 19.1 Å². The van der Waals surface area contributed by atoms with Gasteiger partial charge in [0.05, 0.1) is 18.6 Å². The number of imidazole rings is 1. The molecule has 0 spiro atoms.